The molecular weight excluding hydrogens is 283 g/mol. The third-order valence-electron chi connectivity index (χ3n) is 3.45. The molecule has 1 saturated heterocycles. The molecule has 106 valence electrons. The molecule has 19 heavy (non-hydrogen) atoms. The second kappa shape index (κ2) is 6.42. The largest absolute Gasteiger partial charge is 0.373 e. The first kappa shape index (κ1) is 15.1. The predicted molar refractivity (Wildman–Crippen MR) is 79.8 cm³/mol. The molecule has 0 bridgehead atoms. The molecule has 0 amide bonds. The minimum absolute atomic E-state index is 0.0833. The summed E-state index contributed by atoms with van der Waals surface area (Å²) in [5, 5.41) is 1.18. The van der Waals surface area contributed by atoms with Gasteiger partial charge in [-0.15, -0.1) is 0 Å². The van der Waals surface area contributed by atoms with Crippen molar-refractivity contribution in [1.29, 1.82) is 0 Å². The van der Waals surface area contributed by atoms with Gasteiger partial charge < -0.3 is 10.5 Å². The summed E-state index contributed by atoms with van der Waals surface area (Å²) >= 11 is 12.4. The average Bonchev–Trinajstić information content (AvgIpc) is 2.34. The van der Waals surface area contributed by atoms with E-state index in [1.807, 2.05) is 12.1 Å². The molecule has 0 radical (unpaired) electrons. The Morgan fingerprint density at radius 3 is 2.53 bits per heavy atom. The Bertz CT molecular complexity index is 431. The fourth-order valence-electron chi connectivity index (χ4n) is 2.72. The minimum atomic E-state index is 0.0833. The van der Waals surface area contributed by atoms with Crippen molar-refractivity contribution in [3.63, 3.8) is 0 Å². The highest BCUT2D eigenvalue weighted by molar-refractivity contribution is 6.42. The normalized spacial score (nSPS) is 26.4. The lowest BCUT2D eigenvalue weighted by Crippen LogP contribution is -2.48. The third-order valence-corrected chi connectivity index (χ3v) is 4.29. The Balaban J connectivity index is 2.26. The van der Waals surface area contributed by atoms with E-state index in [-0.39, 0.29) is 18.2 Å². The highest BCUT2D eigenvalue weighted by Crippen LogP contribution is 2.33. The van der Waals surface area contributed by atoms with Crippen LogP contribution in [0.15, 0.2) is 18.2 Å². The van der Waals surface area contributed by atoms with Crippen LogP contribution in [0.2, 0.25) is 10.0 Å². The van der Waals surface area contributed by atoms with Gasteiger partial charge in [0.2, 0.25) is 0 Å². The average molecular weight is 303 g/mol. The fraction of sp³-hybridized carbons (Fsp3) is 0.571. The molecule has 0 saturated carbocycles. The highest BCUT2D eigenvalue weighted by Gasteiger charge is 2.29. The quantitative estimate of drug-likeness (QED) is 0.932. The number of ether oxygens (including phenoxy) is 1. The van der Waals surface area contributed by atoms with Crippen molar-refractivity contribution in [2.75, 3.05) is 19.6 Å². The zero-order valence-corrected chi connectivity index (χ0v) is 12.8. The van der Waals surface area contributed by atoms with Gasteiger partial charge in [0.25, 0.3) is 0 Å². The third kappa shape index (κ3) is 3.41. The number of halogens is 2. The molecule has 0 aliphatic carbocycles. The summed E-state index contributed by atoms with van der Waals surface area (Å²) in [5.74, 6) is 0. The van der Waals surface area contributed by atoms with E-state index in [9.17, 15) is 0 Å². The Hall–Kier alpha value is -0.320. The second-order valence-corrected chi connectivity index (χ2v) is 5.89. The zero-order valence-electron chi connectivity index (χ0n) is 11.3. The molecule has 3 atom stereocenters. The van der Waals surface area contributed by atoms with Crippen molar-refractivity contribution in [2.45, 2.75) is 32.1 Å². The van der Waals surface area contributed by atoms with Crippen molar-refractivity contribution in [2.24, 2.45) is 5.73 Å². The van der Waals surface area contributed by atoms with Crippen LogP contribution < -0.4 is 5.73 Å². The number of morpholine rings is 1. The summed E-state index contributed by atoms with van der Waals surface area (Å²) in [6, 6.07) is 5.79. The SMILES string of the molecule is C[C@H]1CN([C@@H](CN)c2cccc(Cl)c2Cl)C[C@H](C)O1. The van der Waals surface area contributed by atoms with Crippen molar-refractivity contribution < 1.29 is 4.74 Å². The number of nitrogens with two attached hydrogens (primary N) is 1. The van der Waals surface area contributed by atoms with Gasteiger partial charge in [-0.2, -0.15) is 0 Å². The van der Waals surface area contributed by atoms with Crippen molar-refractivity contribution in [1.82, 2.24) is 4.90 Å². The van der Waals surface area contributed by atoms with Crippen LogP contribution in [0.3, 0.4) is 0 Å². The molecule has 0 unspecified atom stereocenters. The van der Waals surface area contributed by atoms with E-state index < -0.39 is 0 Å². The summed E-state index contributed by atoms with van der Waals surface area (Å²) in [6.07, 6.45) is 0.409. The van der Waals surface area contributed by atoms with E-state index in [0.717, 1.165) is 18.7 Å². The van der Waals surface area contributed by atoms with E-state index >= 15 is 0 Å². The fourth-order valence-corrected chi connectivity index (χ4v) is 3.16. The van der Waals surface area contributed by atoms with Crippen LogP contribution >= 0.6 is 23.2 Å². The van der Waals surface area contributed by atoms with E-state index in [2.05, 4.69) is 18.7 Å². The molecule has 1 aromatic carbocycles. The van der Waals surface area contributed by atoms with E-state index in [1.165, 1.54) is 0 Å². The highest BCUT2D eigenvalue weighted by atomic mass is 35.5. The minimum Gasteiger partial charge on any atom is -0.373 e. The number of benzene rings is 1. The summed E-state index contributed by atoms with van der Waals surface area (Å²) in [4.78, 5) is 2.33. The lowest BCUT2D eigenvalue weighted by atomic mass is 10.0. The Labute approximate surface area is 124 Å². The molecule has 0 aromatic heterocycles. The first-order chi connectivity index (χ1) is 9.02. The first-order valence-electron chi connectivity index (χ1n) is 6.56. The molecule has 1 aromatic rings. The van der Waals surface area contributed by atoms with Gasteiger partial charge in [-0.05, 0) is 25.5 Å². The van der Waals surface area contributed by atoms with Gasteiger partial charge in [-0.3, -0.25) is 4.90 Å². The molecule has 2 rings (SSSR count). The van der Waals surface area contributed by atoms with Crippen LogP contribution in [-0.4, -0.2) is 36.7 Å². The lowest BCUT2D eigenvalue weighted by molar-refractivity contribution is -0.0799. The molecule has 1 fully saturated rings. The molecule has 3 nitrogen and oxygen atoms in total. The Morgan fingerprint density at radius 1 is 1.32 bits per heavy atom. The van der Waals surface area contributed by atoms with E-state index in [1.54, 1.807) is 6.07 Å². The molecule has 1 aliphatic heterocycles. The monoisotopic (exact) mass is 302 g/mol. The summed E-state index contributed by atoms with van der Waals surface area (Å²) in [6.45, 7) is 6.38. The maximum atomic E-state index is 6.31. The second-order valence-electron chi connectivity index (χ2n) is 5.11. The van der Waals surface area contributed by atoms with Crippen LogP contribution in [0.1, 0.15) is 25.5 Å². The van der Waals surface area contributed by atoms with Crippen LogP contribution in [0.5, 0.6) is 0 Å². The molecule has 1 aliphatic rings. The van der Waals surface area contributed by atoms with Crippen LogP contribution in [0.4, 0.5) is 0 Å². The summed E-state index contributed by atoms with van der Waals surface area (Å²) in [7, 11) is 0. The van der Waals surface area contributed by atoms with Gasteiger partial charge in [0.15, 0.2) is 0 Å². The lowest BCUT2D eigenvalue weighted by Gasteiger charge is -2.40. The van der Waals surface area contributed by atoms with Crippen molar-refractivity contribution >= 4 is 23.2 Å². The van der Waals surface area contributed by atoms with Gasteiger partial charge >= 0.3 is 0 Å². The molecule has 0 spiro atoms. The summed E-state index contributed by atoms with van der Waals surface area (Å²) < 4.78 is 5.76. The van der Waals surface area contributed by atoms with Gasteiger partial charge in [0, 0.05) is 25.7 Å². The van der Waals surface area contributed by atoms with Gasteiger partial charge in [0.1, 0.15) is 0 Å². The molecule has 2 N–H and O–H groups in total. The molecule has 1 heterocycles. The van der Waals surface area contributed by atoms with Crippen LogP contribution in [0, 0.1) is 0 Å². The van der Waals surface area contributed by atoms with Gasteiger partial charge in [-0.25, -0.2) is 0 Å². The van der Waals surface area contributed by atoms with Crippen molar-refractivity contribution in [3.05, 3.63) is 33.8 Å². The van der Waals surface area contributed by atoms with Crippen LogP contribution in [0.25, 0.3) is 0 Å². The van der Waals surface area contributed by atoms with Crippen molar-refractivity contribution in [3.8, 4) is 0 Å². The Morgan fingerprint density at radius 2 is 1.95 bits per heavy atom. The predicted octanol–water partition coefficient (Wildman–Crippen LogP) is 3.10. The van der Waals surface area contributed by atoms with Gasteiger partial charge in [-0.1, -0.05) is 35.3 Å². The molecular formula is C14H20Cl2N2O. The Kier molecular flexibility index (Phi) is 5.09. The molecule has 5 heteroatoms. The van der Waals surface area contributed by atoms with Gasteiger partial charge in [0.05, 0.1) is 22.3 Å². The smallest absolute Gasteiger partial charge is 0.0678 e. The maximum Gasteiger partial charge on any atom is 0.0678 e. The number of hydrogen-bond acceptors (Lipinski definition) is 3. The first-order valence-corrected chi connectivity index (χ1v) is 7.32. The number of hydrogen-bond donors (Lipinski definition) is 1. The number of nitrogens with zero attached hydrogens (tertiary/aromatic N) is 1. The van der Waals surface area contributed by atoms with E-state index in [4.69, 9.17) is 33.7 Å². The summed E-state index contributed by atoms with van der Waals surface area (Å²) in [5.41, 5.74) is 6.96. The number of rotatable bonds is 3. The maximum absolute atomic E-state index is 6.31. The standard InChI is InChI=1S/C14H20Cl2N2O/c1-9-7-18(8-10(2)19-9)13(6-17)11-4-3-5-12(15)14(11)16/h3-5,9-10,13H,6-8,17H2,1-2H3/t9-,10-,13-/m0/s1. The zero-order chi connectivity index (χ0) is 14.0. The topological polar surface area (TPSA) is 38.5 Å². The van der Waals surface area contributed by atoms with E-state index in [0.29, 0.717) is 16.6 Å². The van der Waals surface area contributed by atoms with Crippen LogP contribution in [-0.2, 0) is 4.74 Å².